The molecule has 1 aromatic rings. The van der Waals surface area contributed by atoms with E-state index in [1.165, 1.54) is 6.92 Å². The topological polar surface area (TPSA) is 92.4 Å². The van der Waals surface area contributed by atoms with Gasteiger partial charge in [-0.25, -0.2) is 0 Å². The van der Waals surface area contributed by atoms with E-state index in [0.29, 0.717) is 19.4 Å². The molecule has 0 aliphatic rings. The molecule has 22 heavy (non-hydrogen) atoms. The van der Waals surface area contributed by atoms with E-state index in [2.05, 4.69) is 5.32 Å². The van der Waals surface area contributed by atoms with Crippen molar-refractivity contribution in [1.82, 2.24) is 0 Å². The average molecular weight is 309 g/mol. The van der Waals surface area contributed by atoms with Crippen molar-refractivity contribution in [2.75, 3.05) is 18.5 Å². The third-order valence-corrected chi connectivity index (χ3v) is 3.49. The lowest BCUT2D eigenvalue weighted by molar-refractivity contribution is -0.142. The fraction of sp³-hybridized carbons (Fsp3) is 0.500. The first-order chi connectivity index (χ1) is 10.4. The quantitative estimate of drug-likeness (QED) is 0.575. The van der Waals surface area contributed by atoms with Crippen molar-refractivity contribution < 1.29 is 19.1 Å². The van der Waals surface area contributed by atoms with Gasteiger partial charge in [0, 0.05) is 12.2 Å². The molecule has 0 aliphatic carbocycles. The summed E-state index contributed by atoms with van der Waals surface area (Å²) in [6.45, 7) is 1.56. The van der Waals surface area contributed by atoms with E-state index in [0.717, 1.165) is 11.3 Å². The van der Waals surface area contributed by atoms with Crippen LogP contribution < -0.4 is 11.1 Å². The van der Waals surface area contributed by atoms with E-state index in [9.17, 15) is 19.1 Å². The van der Waals surface area contributed by atoms with Crippen molar-refractivity contribution >= 4 is 17.4 Å². The number of carboxylic acids is 1. The maximum Gasteiger partial charge on any atom is 0.306 e. The number of ketones is 1. The second-order valence-corrected chi connectivity index (χ2v) is 5.36. The van der Waals surface area contributed by atoms with Crippen LogP contribution in [0.5, 0.6) is 0 Å². The van der Waals surface area contributed by atoms with Gasteiger partial charge in [0.15, 0.2) is 0 Å². The molecule has 1 rings (SSSR count). The second kappa shape index (κ2) is 9.15. The van der Waals surface area contributed by atoms with Gasteiger partial charge in [-0.05, 0) is 43.9 Å². The molecule has 5 nitrogen and oxygen atoms in total. The van der Waals surface area contributed by atoms with E-state index in [-0.39, 0.29) is 18.9 Å². The molecule has 4 N–H and O–H groups in total. The van der Waals surface area contributed by atoms with E-state index < -0.39 is 17.9 Å². The third kappa shape index (κ3) is 6.22. The Labute approximate surface area is 129 Å². The summed E-state index contributed by atoms with van der Waals surface area (Å²) in [5, 5.41) is 12.3. The lowest BCUT2D eigenvalue weighted by Crippen LogP contribution is -2.33. The monoisotopic (exact) mass is 309 g/mol. The van der Waals surface area contributed by atoms with Gasteiger partial charge in [-0.3, -0.25) is 14.0 Å². The molecular weight excluding hydrogens is 286 g/mol. The van der Waals surface area contributed by atoms with Crippen LogP contribution in [-0.2, 0) is 16.0 Å². The lowest BCUT2D eigenvalue weighted by atomic mass is 9.92. The Morgan fingerprint density at radius 2 is 1.95 bits per heavy atom. The number of Topliss-reactive ketones (excluding diaryl/α,β-unsaturated/α-hetero) is 1. The number of nitrogens with one attached hydrogen (secondary N) is 1. The normalized spacial score (nSPS) is 13.4. The van der Waals surface area contributed by atoms with Crippen LogP contribution in [0.3, 0.4) is 0 Å². The predicted octanol–water partition coefficient (Wildman–Crippen LogP) is 2.01. The summed E-state index contributed by atoms with van der Waals surface area (Å²) in [7, 11) is 0. The van der Waals surface area contributed by atoms with Crippen LogP contribution in [0.1, 0.15) is 25.3 Å². The van der Waals surface area contributed by atoms with Crippen molar-refractivity contribution in [2.45, 2.75) is 32.2 Å². The number of anilines is 1. The number of carboxylic acid groups (broad SMARTS) is 1. The van der Waals surface area contributed by atoms with Crippen molar-refractivity contribution in [3.63, 3.8) is 0 Å². The van der Waals surface area contributed by atoms with Crippen LogP contribution in [0.4, 0.5) is 10.1 Å². The van der Waals surface area contributed by atoms with Gasteiger partial charge in [-0.15, -0.1) is 0 Å². The minimum Gasteiger partial charge on any atom is -0.481 e. The molecule has 0 saturated heterocycles. The molecule has 0 heterocycles. The summed E-state index contributed by atoms with van der Waals surface area (Å²) in [6.07, 6.45) is 0.897. The molecule has 0 fully saturated rings. The van der Waals surface area contributed by atoms with Gasteiger partial charge in [0.05, 0.1) is 18.6 Å². The van der Waals surface area contributed by atoms with E-state index in [1.54, 1.807) is 0 Å². The van der Waals surface area contributed by atoms with E-state index in [1.807, 2.05) is 24.3 Å². The molecule has 1 aromatic carbocycles. The highest BCUT2D eigenvalue weighted by molar-refractivity contribution is 5.82. The third-order valence-electron chi connectivity index (χ3n) is 3.49. The molecule has 0 radical (unpaired) electrons. The average Bonchev–Trinajstić information content (AvgIpc) is 2.48. The highest BCUT2D eigenvalue weighted by atomic mass is 18.2. The van der Waals surface area contributed by atoms with Gasteiger partial charge in [0.1, 0.15) is 5.78 Å². The molecule has 2 atom stereocenters. The summed E-state index contributed by atoms with van der Waals surface area (Å²) in [5.41, 5.74) is 7.37. The number of carbonyl (C=O) groups is 2. The van der Waals surface area contributed by atoms with Crippen LogP contribution in [0.2, 0.25) is 0 Å². The first kappa shape index (κ1) is 18.1. The van der Waals surface area contributed by atoms with Gasteiger partial charge >= 0.3 is 5.97 Å². The molecule has 0 aliphatic heterocycles. The first-order valence-electron chi connectivity index (χ1n) is 7.31. The van der Waals surface area contributed by atoms with Crippen molar-refractivity contribution in [1.29, 1.82) is 0 Å². The molecule has 0 unspecified atom stereocenters. The Morgan fingerprint density at radius 1 is 1.32 bits per heavy atom. The van der Waals surface area contributed by atoms with E-state index >= 15 is 0 Å². The van der Waals surface area contributed by atoms with Crippen molar-refractivity contribution in [2.24, 2.45) is 11.7 Å². The first-order valence-corrected chi connectivity index (χ1v) is 7.31. The highest BCUT2D eigenvalue weighted by Crippen LogP contribution is 2.17. The molecule has 0 amide bonds. The number of alkyl halides is 1. The zero-order valence-electron chi connectivity index (χ0n) is 12.7. The number of rotatable bonds is 10. The largest absolute Gasteiger partial charge is 0.481 e. The lowest BCUT2D eigenvalue weighted by Gasteiger charge is -2.16. The zero-order chi connectivity index (χ0) is 16.5. The molecule has 0 saturated carbocycles. The second-order valence-electron chi connectivity index (χ2n) is 5.36. The van der Waals surface area contributed by atoms with Gasteiger partial charge in [-0.2, -0.15) is 0 Å². The van der Waals surface area contributed by atoms with Crippen molar-refractivity contribution in [3.05, 3.63) is 29.8 Å². The molecule has 6 heteroatoms. The fourth-order valence-corrected chi connectivity index (χ4v) is 2.09. The summed E-state index contributed by atoms with van der Waals surface area (Å²) >= 11 is 0. The van der Waals surface area contributed by atoms with Gasteiger partial charge in [0.25, 0.3) is 0 Å². The van der Waals surface area contributed by atoms with Crippen LogP contribution in [0, 0.1) is 5.92 Å². The number of hydrogen-bond donors (Lipinski definition) is 3. The number of carbonyl (C=O) groups excluding carboxylic acids is 1. The summed E-state index contributed by atoms with van der Waals surface area (Å²) in [6, 6.07) is 6.57. The predicted molar refractivity (Wildman–Crippen MR) is 83.6 cm³/mol. The Bertz CT molecular complexity index is 491. The molecule has 0 bridgehead atoms. The smallest absolute Gasteiger partial charge is 0.306 e. The van der Waals surface area contributed by atoms with Gasteiger partial charge in [0.2, 0.25) is 0 Å². The Balaban J connectivity index is 2.62. The van der Waals surface area contributed by atoms with Crippen LogP contribution in [0.25, 0.3) is 0 Å². The SMILES string of the molecule is CC(=O)[C@@H](N)C[C@H](Cc1ccc(NCCC[18F])cc1)C(=O)O. The number of halogens is 1. The minimum atomic E-state index is -0.957. The maximum atomic E-state index is 12.0. The van der Waals surface area contributed by atoms with Gasteiger partial charge < -0.3 is 16.2 Å². The standard InChI is InChI=1S/C16H23FN2O3/c1-11(20)15(18)10-13(16(21)22)9-12-3-5-14(6-4-12)19-8-2-7-17/h3-6,13,15,19H,2,7-10,18H2,1H3,(H,21,22)/t13-,15-/m0/s1/i17-1. The zero-order valence-corrected chi connectivity index (χ0v) is 12.7. The van der Waals surface area contributed by atoms with Crippen molar-refractivity contribution in [3.8, 4) is 0 Å². The Kier molecular flexibility index (Phi) is 7.52. The molecule has 0 spiro atoms. The fourth-order valence-electron chi connectivity index (χ4n) is 2.09. The molecule has 0 aromatic heterocycles. The summed E-state index contributed by atoms with van der Waals surface area (Å²) in [5.74, 6) is -1.86. The van der Waals surface area contributed by atoms with Crippen LogP contribution in [0.15, 0.2) is 24.3 Å². The van der Waals surface area contributed by atoms with Crippen LogP contribution >= 0.6 is 0 Å². The summed E-state index contributed by atoms with van der Waals surface area (Å²) < 4.78 is 12.0. The number of nitrogens with two attached hydrogens (primary N) is 1. The van der Waals surface area contributed by atoms with Crippen LogP contribution in [-0.4, -0.2) is 36.1 Å². The van der Waals surface area contributed by atoms with E-state index in [4.69, 9.17) is 5.73 Å². The minimum absolute atomic E-state index is 0.126. The van der Waals surface area contributed by atoms with Gasteiger partial charge in [-0.1, -0.05) is 12.1 Å². The summed E-state index contributed by atoms with van der Waals surface area (Å²) in [4.78, 5) is 22.5. The molecular formula is C16H23FN2O3. The molecule has 122 valence electrons. The Morgan fingerprint density at radius 3 is 2.45 bits per heavy atom. The maximum absolute atomic E-state index is 12.0. The highest BCUT2D eigenvalue weighted by Gasteiger charge is 2.23. The number of aliphatic carboxylic acids is 1. The Hall–Kier alpha value is -1.95. The number of hydrogen-bond acceptors (Lipinski definition) is 4. The number of benzene rings is 1.